The van der Waals surface area contributed by atoms with Crippen molar-refractivity contribution in [3.8, 4) is 5.75 Å². The lowest BCUT2D eigenvalue weighted by molar-refractivity contribution is 0.0963. The van der Waals surface area contributed by atoms with Gasteiger partial charge < -0.3 is 15.0 Å². The number of anilines is 1. The maximum absolute atomic E-state index is 13.7. The summed E-state index contributed by atoms with van der Waals surface area (Å²) in [6, 6.07) is 6.75. The molecule has 0 atom stereocenters. The van der Waals surface area contributed by atoms with Gasteiger partial charge in [0, 0.05) is 45.2 Å². The molecule has 7 heteroatoms. The van der Waals surface area contributed by atoms with Crippen molar-refractivity contribution >= 4 is 11.7 Å². The van der Waals surface area contributed by atoms with Crippen LogP contribution in [0.1, 0.15) is 23.2 Å². The molecule has 0 radical (unpaired) electrons. The Labute approximate surface area is 144 Å². The van der Waals surface area contributed by atoms with Crippen molar-refractivity contribution < 1.29 is 18.3 Å². The minimum absolute atomic E-state index is 0.0590. The molecule has 5 nitrogen and oxygen atoms in total. The Bertz CT molecular complexity index is 762. The number of nitrogens with zero attached hydrogens (tertiary/aromatic N) is 2. The second kappa shape index (κ2) is 7.46. The minimum atomic E-state index is -0.700. The van der Waals surface area contributed by atoms with Gasteiger partial charge in [0.2, 0.25) is 0 Å². The largest absolute Gasteiger partial charge is 0.487 e. The molecule has 0 saturated carbocycles. The SMILES string of the molecule is CNC(=O)c1cccnc1N1CCC(Oc2ccc(F)cc2F)CC1. The molecule has 2 heterocycles. The maximum atomic E-state index is 13.7. The van der Waals surface area contributed by atoms with Gasteiger partial charge in [-0.3, -0.25) is 4.79 Å². The van der Waals surface area contributed by atoms with E-state index in [0.717, 1.165) is 6.07 Å². The highest BCUT2D eigenvalue weighted by Crippen LogP contribution is 2.26. The van der Waals surface area contributed by atoms with Crippen LogP contribution in [0.4, 0.5) is 14.6 Å². The normalized spacial score (nSPS) is 15.1. The Kier molecular flexibility index (Phi) is 5.11. The van der Waals surface area contributed by atoms with Crippen molar-refractivity contribution in [1.29, 1.82) is 0 Å². The number of piperidine rings is 1. The molecule has 3 rings (SSSR count). The first-order valence-electron chi connectivity index (χ1n) is 8.12. The second-order valence-electron chi connectivity index (χ2n) is 5.83. The fourth-order valence-electron chi connectivity index (χ4n) is 2.90. The van der Waals surface area contributed by atoms with Crippen molar-refractivity contribution in [3.05, 3.63) is 53.7 Å². The van der Waals surface area contributed by atoms with Crippen molar-refractivity contribution in [3.63, 3.8) is 0 Å². The molecule has 132 valence electrons. The van der Waals surface area contributed by atoms with E-state index in [1.165, 1.54) is 12.1 Å². The lowest BCUT2D eigenvalue weighted by atomic mass is 10.1. The van der Waals surface area contributed by atoms with Crippen LogP contribution in [0.15, 0.2) is 36.5 Å². The number of aromatic nitrogens is 1. The molecular formula is C18H19F2N3O2. The molecule has 1 N–H and O–H groups in total. The van der Waals surface area contributed by atoms with Gasteiger partial charge in [0.1, 0.15) is 17.7 Å². The average molecular weight is 347 g/mol. The zero-order valence-electron chi connectivity index (χ0n) is 13.8. The summed E-state index contributed by atoms with van der Waals surface area (Å²) in [5, 5.41) is 2.61. The highest BCUT2D eigenvalue weighted by atomic mass is 19.1. The minimum Gasteiger partial charge on any atom is -0.487 e. The number of carbonyl (C=O) groups excluding carboxylic acids is 1. The van der Waals surface area contributed by atoms with Crippen molar-refractivity contribution in [2.24, 2.45) is 0 Å². The number of amides is 1. The van der Waals surface area contributed by atoms with Crippen LogP contribution in [-0.4, -0.2) is 37.1 Å². The van der Waals surface area contributed by atoms with E-state index >= 15 is 0 Å². The predicted octanol–water partition coefficient (Wildman–Crippen LogP) is 2.77. The first-order chi connectivity index (χ1) is 12.1. The molecule has 2 aromatic rings. The molecule has 0 aliphatic carbocycles. The number of nitrogens with one attached hydrogen (secondary N) is 1. The molecule has 1 amide bonds. The molecule has 1 aliphatic rings. The number of rotatable bonds is 4. The second-order valence-corrected chi connectivity index (χ2v) is 5.83. The third-order valence-corrected chi connectivity index (χ3v) is 4.19. The summed E-state index contributed by atoms with van der Waals surface area (Å²) < 4.78 is 32.3. The third-order valence-electron chi connectivity index (χ3n) is 4.19. The van der Waals surface area contributed by atoms with Gasteiger partial charge in [0.05, 0.1) is 5.56 Å². The average Bonchev–Trinajstić information content (AvgIpc) is 2.64. The summed E-state index contributed by atoms with van der Waals surface area (Å²) in [7, 11) is 1.58. The summed E-state index contributed by atoms with van der Waals surface area (Å²) in [4.78, 5) is 18.3. The van der Waals surface area contributed by atoms with Gasteiger partial charge in [-0.15, -0.1) is 0 Å². The van der Waals surface area contributed by atoms with Crippen molar-refractivity contribution in [2.45, 2.75) is 18.9 Å². The number of ether oxygens (including phenoxy) is 1. The molecule has 0 spiro atoms. The van der Waals surface area contributed by atoms with Crippen molar-refractivity contribution in [1.82, 2.24) is 10.3 Å². The lowest BCUT2D eigenvalue weighted by Gasteiger charge is -2.33. The van der Waals surface area contributed by atoms with Crippen LogP contribution < -0.4 is 15.0 Å². The standard InChI is InChI=1S/C18H19F2N3O2/c1-21-18(24)14-3-2-8-22-17(14)23-9-6-13(7-10-23)25-16-5-4-12(19)11-15(16)20/h2-5,8,11,13H,6-7,9-10H2,1H3,(H,21,24). The van der Waals surface area contributed by atoms with E-state index < -0.39 is 11.6 Å². The monoisotopic (exact) mass is 347 g/mol. The number of carbonyl (C=O) groups is 1. The summed E-state index contributed by atoms with van der Waals surface area (Å²) in [5.41, 5.74) is 0.522. The molecule has 0 unspecified atom stereocenters. The van der Waals surface area contributed by atoms with E-state index in [9.17, 15) is 13.6 Å². The van der Waals surface area contributed by atoms with Crippen LogP contribution in [0.5, 0.6) is 5.75 Å². The molecule has 1 aliphatic heterocycles. The van der Waals surface area contributed by atoms with E-state index in [0.29, 0.717) is 37.3 Å². The van der Waals surface area contributed by atoms with Gasteiger partial charge in [0.15, 0.2) is 11.6 Å². The smallest absolute Gasteiger partial charge is 0.254 e. The van der Waals surface area contributed by atoms with Gasteiger partial charge in [-0.05, 0) is 24.3 Å². The Morgan fingerprint density at radius 3 is 2.72 bits per heavy atom. The summed E-state index contributed by atoms with van der Waals surface area (Å²) in [6.45, 7) is 1.27. The summed E-state index contributed by atoms with van der Waals surface area (Å²) in [5.74, 6) is -0.822. The zero-order valence-corrected chi connectivity index (χ0v) is 13.8. The topological polar surface area (TPSA) is 54.5 Å². The van der Waals surface area contributed by atoms with Crippen LogP contribution in [0.2, 0.25) is 0 Å². The van der Waals surface area contributed by atoms with Gasteiger partial charge >= 0.3 is 0 Å². The van der Waals surface area contributed by atoms with Crippen LogP contribution in [0.3, 0.4) is 0 Å². The van der Waals surface area contributed by atoms with E-state index in [2.05, 4.69) is 10.3 Å². The van der Waals surface area contributed by atoms with E-state index in [-0.39, 0.29) is 17.8 Å². The Balaban J connectivity index is 1.65. The first-order valence-corrected chi connectivity index (χ1v) is 8.12. The third kappa shape index (κ3) is 3.87. The van der Waals surface area contributed by atoms with Gasteiger partial charge in [-0.2, -0.15) is 0 Å². The zero-order chi connectivity index (χ0) is 17.8. The fraction of sp³-hybridized carbons (Fsp3) is 0.333. The van der Waals surface area contributed by atoms with Crippen LogP contribution in [0, 0.1) is 11.6 Å². The molecule has 0 bridgehead atoms. The molecule has 1 aromatic heterocycles. The number of hydrogen-bond donors (Lipinski definition) is 1. The predicted molar refractivity (Wildman–Crippen MR) is 89.8 cm³/mol. The summed E-state index contributed by atoms with van der Waals surface area (Å²) in [6.07, 6.45) is 2.79. The number of hydrogen-bond acceptors (Lipinski definition) is 4. The van der Waals surface area contributed by atoms with E-state index in [4.69, 9.17) is 4.74 Å². The molecule has 1 aromatic carbocycles. The van der Waals surface area contributed by atoms with Crippen LogP contribution >= 0.6 is 0 Å². The molecule has 1 saturated heterocycles. The van der Waals surface area contributed by atoms with Crippen molar-refractivity contribution in [2.75, 3.05) is 25.0 Å². The van der Waals surface area contributed by atoms with Crippen LogP contribution in [-0.2, 0) is 0 Å². The van der Waals surface area contributed by atoms with E-state index in [1.54, 1.807) is 25.4 Å². The van der Waals surface area contributed by atoms with Gasteiger partial charge in [0.25, 0.3) is 5.91 Å². The highest BCUT2D eigenvalue weighted by Gasteiger charge is 2.25. The fourth-order valence-corrected chi connectivity index (χ4v) is 2.90. The summed E-state index contributed by atoms with van der Waals surface area (Å²) >= 11 is 0. The first kappa shape index (κ1) is 17.1. The maximum Gasteiger partial charge on any atom is 0.254 e. The van der Waals surface area contributed by atoms with Gasteiger partial charge in [-0.1, -0.05) is 0 Å². The number of pyridine rings is 1. The van der Waals surface area contributed by atoms with E-state index in [1.807, 2.05) is 4.90 Å². The lowest BCUT2D eigenvalue weighted by Crippen LogP contribution is -2.40. The Morgan fingerprint density at radius 2 is 2.04 bits per heavy atom. The van der Waals surface area contributed by atoms with Crippen LogP contribution in [0.25, 0.3) is 0 Å². The Hall–Kier alpha value is -2.70. The number of halogens is 2. The Morgan fingerprint density at radius 1 is 1.28 bits per heavy atom. The highest BCUT2D eigenvalue weighted by molar-refractivity contribution is 5.98. The quantitative estimate of drug-likeness (QED) is 0.924. The number of benzene rings is 1. The molecular weight excluding hydrogens is 328 g/mol. The van der Waals surface area contributed by atoms with Gasteiger partial charge in [-0.25, -0.2) is 13.8 Å². The molecule has 25 heavy (non-hydrogen) atoms. The molecule has 1 fully saturated rings.